The number of ether oxygens (including phenoxy) is 1. The van der Waals surface area contributed by atoms with Gasteiger partial charge in [-0.05, 0) is 49.2 Å². The molecule has 3 rings (SSSR count). The Bertz CT molecular complexity index is 794. The summed E-state index contributed by atoms with van der Waals surface area (Å²) in [7, 11) is 1.33. The van der Waals surface area contributed by atoms with Crippen molar-refractivity contribution < 1.29 is 18.3 Å². The van der Waals surface area contributed by atoms with E-state index in [1.807, 2.05) is 18.2 Å². The van der Waals surface area contributed by atoms with E-state index in [0.29, 0.717) is 12.1 Å². The van der Waals surface area contributed by atoms with Gasteiger partial charge >= 0.3 is 5.97 Å². The Morgan fingerprint density at radius 2 is 1.86 bits per heavy atom. The lowest BCUT2D eigenvalue weighted by atomic mass is 9.98. The van der Waals surface area contributed by atoms with Crippen LogP contribution in [0.5, 0.6) is 0 Å². The number of methoxy groups -OCH3 is 1. The van der Waals surface area contributed by atoms with E-state index in [1.165, 1.54) is 23.4 Å². The van der Waals surface area contributed by atoms with Crippen molar-refractivity contribution in [2.24, 2.45) is 0 Å². The highest BCUT2D eigenvalue weighted by Crippen LogP contribution is 2.29. The molecule has 1 heterocycles. The first-order chi connectivity index (χ1) is 13.6. The molecule has 2 unspecified atom stereocenters. The predicted molar refractivity (Wildman–Crippen MR) is 107 cm³/mol. The van der Waals surface area contributed by atoms with E-state index < -0.39 is 17.2 Å². The average molecular weight is 402 g/mol. The van der Waals surface area contributed by atoms with Gasteiger partial charge in [-0.25, -0.2) is 9.10 Å². The van der Waals surface area contributed by atoms with Gasteiger partial charge in [-0.2, -0.15) is 0 Å². The lowest BCUT2D eigenvalue weighted by Crippen LogP contribution is -2.41. The van der Waals surface area contributed by atoms with Gasteiger partial charge in [0.2, 0.25) is 0 Å². The zero-order valence-corrected chi connectivity index (χ0v) is 16.8. The number of esters is 1. The average Bonchev–Trinajstić information content (AvgIpc) is 2.68. The number of hydrogen-bond donors (Lipinski definition) is 0. The molecule has 2 aromatic rings. The number of hydrogen-bond acceptors (Lipinski definition) is 5. The van der Waals surface area contributed by atoms with Crippen LogP contribution in [0.3, 0.4) is 0 Å². The highest BCUT2D eigenvalue weighted by molar-refractivity contribution is 7.76. The summed E-state index contributed by atoms with van der Waals surface area (Å²) in [5.74, 6) is -0.406. The molecule has 150 valence electrons. The first-order valence-corrected chi connectivity index (χ1v) is 10.4. The van der Waals surface area contributed by atoms with E-state index in [4.69, 9.17) is 0 Å². The smallest absolute Gasteiger partial charge is 0.337 e. The molecule has 0 aromatic heterocycles. The third-order valence-electron chi connectivity index (χ3n) is 5.11. The van der Waals surface area contributed by atoms with Crippen molar-refractivity contribution in [3.8, 4) is 0 Å². The topological polar surface area (TPSA) is 72.9 Å². The van der Waals surface area contributed by atoms with E-state index in [1.54, 1.807) is 24.3 Å². The van der Waals surface area contributed by atoms with E-state index in [9.17, 15) is 13.6 Å². The van der Waals surface area contributed by atoms with Crippen LogP contribution in [0.25, 0.3) is 0 Å². The van der Waals surface area contributed by atoms with Crippen molar-refractivity contribution in [3.63, 3.8) is 0 Å². The molecule has 2 atom stereocenters. The van der Waals surface area contributed by atoms with Gasteiger partial charge in [-0.15, -0.1) is 0 Å². The van der Waals surface area contributed by atoms with Crippen molar-refractivity contribution in [1.82, 2.24) is 9.21 Å². The zero-order valence-electron chi connectivity index (χ0n) is 16.0. The summed E-state index contributed by atoms with van der Waals surface area (Å²) in [5, 5.41) is 0. The van der Waals surface area contributed by atoms with Crippen LogP contribution in [0.1, 0.15) is 40.4 Å². The van der Waals surface area contributed by atoms with Crippen LogP contribution in [0.15, 0.2) is 54.6 Å². The third-order valence-corrected chi connectivity index (χ3v) is 5.85. The molecule has 0 N–H and O–H groups in total. The standard InChI is InChI=1S/C21H26N2O4S/c1-27-21(24)19-10-8-17(9-11-19)16-23(28(25)26)15-12-20(22-13-5-14-22)18-6-3-2-4-7-18/h2-4,6-11,20H,5,12-16H2,1H3,(H,25,26)/p-1. The molecule has 7 heteroatoms. The van der Waals surface area contributed by atoms with Crippen LogP contribution in [0.2, 0.25) is 0 Å². The Hall–Kier alpha value is -2.06. The molecule has 1 aliphatic rings. The Morgan fingerprint density at radius 3 is 2.39 bits per heavy atom. The highest BCUT2D eigenvalue weighted by Gasteiger charge is 2.25. The number of likely N-dealkylation sites (tertiary alicyclic amines) is 1. The summed E-state index contributed by atoms with van der Waals surface area (Å²) in [6.07, 6.45) is 1.92. The van der Waals surface area contributed by atoms with E-state index in [-0.39, 0.29) is 12.6 Å². The minimum Gasteiger partial charge on any atom is -0.760 e. The highest BCUT2D eigenvalue weighted by atomic mass is 32.2. The van der Waals surface area contributed by atoms with Crippen LogP contribution >= 0.6 is 0 Å². The van der Waals surface area contributed by atoms with Crippen molar-refractivity contribution in [2.45, 2.75) is 25.4 Å². The Labute approximate surface area is 168 Å². The number of benzene rings is 2. The molecule has 1 fully saturated rings. The predicted octanol–water partition coefficient (Wildman–Crippen LogP) is 2.91. The maximum Gasteiger partial charge on any atom is 0.337 e. The van der Waals surface area contributed by atoms with E-state index in [0.717, 1.165) is 25.1 Å². The lowest BCUT2D eigenvalue weighted by molar-refractivity contribution is 0.0600. The van der Waals surface area contributed by atoms with Gasteiger partial charge in [0, 0.05) is 30.4 Å². The minimum absolute atomic E-state index is 0.225. The van der Waals surface area contributed by atoms with Crippen LogP contribution < -0.4 is 0 Å². The SMILES string of the molecule is COC(=O)c1ccc(CN(CCC(c2ccccc2)N2CCC2)S(=O)[O-])cc1. The van der Waals surface area contributed by atoms with Crippen molar-refractivity contribution in [1.29, 1.82) is 0 Å². The molecule has 1 aliphatic heterocycles. The fourth-order valence-electron chi connectivity index (χ4n) is 3.43. The molecule has 0 radical (unpaired) electrons. The summed E-state index contributed by atoms with van der Waals surface area (Å²) in [6, 6.07) is 17.3. The first kappa shape index (κ1) is 20.7. The van der Waals surface area contributed by atoms with Gasteiger partial charge in [-0.3, -0.25) is 9.11 Å². The van der Waals surface area contributed by atoms with Crippen LogP contribution in [-0.2, 0) is 22.5 Å². The second-order valence-electron chi connectivity index (χ2n) is 6.87. The van der Waals surface area contributed by atoms with Gasteiger partial charge in [0.1, 0.15) is 0 Å². The molecule has 0 amide bonds. The molecule has 28 heavy (non-hydrogen) atoms. The molecule has 0 bridgehead atoms. The zero-order chi connectivity index (χ0) is 19.9. The number of rotatable bonds is 9. The van der Waals surface area contributed by atoms with Gasteiger partial charge in [0.15, 0.2) is 0 Å². The van der Waals surface area contributed by atoms with Gasteiger partial charge in [0.05, 0.1) is 12.7 Å². The normalized spacial score (nSPS) is 16.4. The molecule has 0 spiro atoms. The van der Waals surface area contributed by atoms with E-state index in [2.05, 4.69) is 21.8 Å². The number of carbonyl (C=O) groups excluding carboxylic acids is 1. The summed E-state index contributed by atoms with van der Waals surface area (Å²) >= 11 is -2.32. The summed E-state index contributed by atoms with van der Waals surface area (Å²) in [4.78, 5) is 13.9. The molecule has 2 aromatic carbocycles. The summed E-state index contributed by atoms with van der Waals surface area (Å²) < 4.78 is 29.7. The Kier molecular flexibility index (Phi) is 7.33. The van der Waals surface area contributed by atoms with Crippen LogP contribution in [0.4, 0.5) is 0 Å². The summed E-state index contributed by atoms with van der Waals surface area (Å²) in [5.41, 5.74) is 2.50. The van der Waals surface area contributed by atoms with Crippen LogP contribution in [-0.4, -0.2) is 50.7 Å². The molecule has 6 nitrogen and oxygen atoms in total. The number of nitrogens with zero attached hydrogens (tertiary/aromatic N) is 2. The van der Waals surface area contributed by atoms with E-state index >= 15 is 0 Å². The molecular formula is C21H25N2O4S-. The van der Waals surface area contributed by atoms with Crippen molar-refractivity contribution >= 4 is 17.2 Å². The lowest BCUT2D eigenvalue weighted by Gasteiger charge is -2.39. The van der Waals surface area contributed by atoms with Gasteiger partial charge in [0.25, 0.3) is 0 Å². The monoisotopic (exact) mass is 401 g/mol. The maximum absolute atomic E-state index is 11.8. The first-order valence-electron chi connectivity index (χ1n) is 9.39. The quantitative estimate of drug-likeness (QED) is 0.477. The van der Waals surface area contributed by atoms with Gasteiger partial charge < -0.3 is 9.29 Å². The second kappa shape index (κ2) is 9.93. The number of carbonyl (C=O) groups is 1. The Morgan fingerprint density at radius 1 is 1.18 bits per heavy atom. The van der Waals surface area contributed by atoms with Crippen molar-refractivity contribution in [3.05, 3.63) is 71.3 Å². The fraction of sp³-hybridized carbons (Fsp3) is 0.381. The van der Waals surface area contributed by atoms with Gasteiger partial charge in [-0.1, -0.05) is 42.5 Å². The summed E-state index contributed by atoms with van der Waals surface area (Å²) in [6.45, 7) is 2.81. The molecule has 0 aliphatic carbocycles. The van der Waals surface area contributed by atoms with Crippen LogP contribution in [0, 0.1) is 0 Å². The molecule has 0 saturated carbocycles. The second-order valence-corrected chi connectivity index (χ2v) is 7.82. The Balaban J connectivity index is 1.65. The maximum atomic E-state index is 11.8. The van der Waals surface area contributed by atoms with Crippen molar-refractivity contribution in [2.75, 3.05) is 26.7 Å². The molecular weight excluding hydrogens is 376 g/mol. The fourth-order valence-corrected chi connectivity index (χ4v) is 3.94. The minimum atomic E-state index is -2.32. The third kappa shape index (κ3) is 5.26. The largest absolute Gasteiger partial charge is 0.760 e. The molecule has 1 saturated heterocycles.